The van der Waals surface area contributed by atoms with Crippen molar-refractivity contribution >= 4 is 0 Å². The minimum atomic E-state index is -0.479. The van der Waals surface area contributed by atoms with E-state index in [2.05, 4.69) is 9.97 Å². The van der Waals surface area contributed by atoms with Gasteiger partial charge in [-0.05, 0) is 51.0 Å². The fourth-order valence-corrected chi connectivity index (χ4v) is 3.14. The van der Waals surface area contributed by atoms with Gasteiger partial charge in [0.1, 0.15) is 5.82 Å². The maximum atomic E-state index is 10.5. The zero-order valence-electron chi connectivity index (χ0n) is 10.8. The lowest BCUT2D eigenvalue weighted by molar-refractivity contribution is -0.157. The zero-order chi connectivity index (χ0) is 12.6. The molecule has 98 valence electrons. The number of hydrogen-bond donors (Lipinski definition) is 1. The first-order valence-electron chi connectivity index (χ1n) is 6.80. The maximum Gasteiger partial charge on any atom is 0.125 e. The highest BCUT2D eigenvalue weighted by atomic mass is 16.5. The molecule has 1 saturated carbocycles. The molecule has 4 heteroatoms. The molecule has 2 unspecified atom stereocenters. The molecule has 0 bridgehead atoms. The average Bonchev–Trinajstić information content (AvgIpc) is 2.36. The largest absolute Gasteiger partial charge is 0.387 e. The molecular weight excluding hydrogens is 228 g/mol. The first-order valence-corrected chi connectivity index (χ1v) is 6.80. The molecule has 1 aliphatic carbocycles. The van der Waals surface area contributed by atoms with E-state index >= 15 is 0 Å². The van der Waals surface area contributed by atoms with Crippen LogP contribution in [0.3, 0.4) is 0 Å². The van der Waals surface area contributed by atoms with Gasteiger partial charge in [0.25, 0.3) is 0 Å². The molecule has 0 amide bonds. The van der Waals surface area contributed by atoms with Crippen LogP contribution in [0.25, 0.3) is 0 Å². The van der Waals surface area contributed by atoms with E-state index in [9.17, 15) is 5.11 Å². The van der Waals surface area contributed by atoms with Gasteiger partial charge >= 0.3 is 0 Å². The van der Waals surface area contributed by atoms with Gasteiger partial charge < -0.3 is 9.84 Å². The third-order valence-corrected chi connectivity index (χ3v) is 4.34. The molecule has 2 atom stereocenters. The third kappa shape index (κ3) is 2.15. The lowest BCUT2D eigenvalue weighted by Crippen LogP contribution is -2.46. The minimum absolute atomic E-state index is 0.0754. The number of rotatable bonds is 2. The standard InChI is InChI=1S/C14H20N2O2/c1-10-15-7-3-12(16-10)13(17)11-4-8-18-14(9-11)5-2-6-14/h3,7,11,13,17H,2,4-6,8-9H2,1H3. The second-order valence-electron chi connectivity index (χ2n) is 5.61. The molecule has 1 aromatic rings. The Morgan fingerprint density at radius 3 is 3.00 bits per heavy atom. The van der Waals surface area contributed by atoms with Gasteiger partial charge in [-0.25, -0.2) is 9.97 Å². The van der Waals surface area contributed by atoms with Crippen LogP contribution in [0.15, 0.2) is 12.3 Å². The summed E-state index contributed by atoms with van der Waals surface area (Å²) in [6, 6.07) is 1.82. The number of ether oxygens (including phenoxy) is 1. The molecule has 1 N–H and O–H groups in total. The molecule has 1 aromatic heterocycles. The van der Waals surface area contributed by atoms with Crippen LogP contribution in [0.5, 0.6) is 0 Å². The van der Waals surface area contributed by atoms with E-state index in [4.69, 9.17) is 4.74 Å². The Morgan fingerprint density at radius 1 is 1.50 bits per heavy atom. The molecule has 0 aromatic carbocycles. The van der Waals surface area contributed by atoms with Crippen LogP contribution in [0.1, 0.15) is 49.7 Å². The van der Waals surface area contributed by atoms with Crippen LogP contribution in [0, 0.1) is 12.8 Å². The smallest absolute Gasteiger partial charge is 0.125 e. The third-order valence-electron chi connectivity index (χ3n) is 4.34. The summed E-state index contributed by atoms with van der Waals surface area (Å²) in [6.07, 6.45) is 6.70. The number of nitrogens with zero attached hydrogens (tertiary/aromatic N) is 2. The van der Waals surface area contributed by atoms with E-state index in [1.165, 1.54) is 6.42 Å². The molecule has 18 heavy (non-hydrogen) atoms. The van der Waals surface area contributed by atoms with E-state index in [1.807, 2.05) is 13.0 Å². The monoisotopic (exact) mass is 248 g/mol. The van der Waals surface area contributed by atoms with Crippen molar-refractivity contribution < 1.29 is 9.84 Å². The number of aryl methyl sites for hydroxylation is 1. The maximum absolute atomic E-state index is 10.5. The van der Waals surface area contributed by atoms with Gasteiger partial charge in [0.2, 0.25) is 0 Å². The molecule has 4 nitrogen and oxygen atoms in total. The van der Waals surface area contributed by atoms with Crippen molar-refractivity contribution in [3.05, 3.63) is 23.8 Å². The topological polar surface area (TPSA) is 55.2 Å². The lowest BCUT2D eigenvalue weighted by Gasteiger charge is -2.48. The zero-order valence-corrected chi connectivity index (χ0v) is 10.8. The van der Waals surface area contributed by atoms with E-state index in [0.29, 0.717) is 0 Å². The van der Waals surface area contributed by atoms with Crippen LogP contribution in [0.2, 0.25) is 0 Å². The summed E-state index contributed by atoms with van der Waals surface area (Å²) in [6.45, 7) is 2.62. The summed E-state index contributed by atoms with van der Waals surface area (Å²) < 4.78 is 5.90. The summed E-state index contributed by atoms with van der Waals surface area (Å²) in [5.74, 6) is 0.991. The number of aliphatic hydroxyl groups is 1. The highest BCUT2D eigenvalue weighted by molar-refractivity contribution is 5.08. The van der Waals surface area contributed by atoms with Crippen LogP contribution in [-0.4, -0.2) is 27.3 Å². The van der Waals surface area contributed by atoms with E-state index in [-0.39, 0.29) is 11.5 Å². The first-order chi connectivity index (χ1) is 8.69. The van der Waals surface area contributed by atoms with Crippen molar-refractivity contribution in [2.75, 3.05) is 6.61 Å². The van der Waals surface area contributed by atoms with Crippen LogP contribution < -0.4 is 0 Å². The summed E-state index contributed by atoms with van der Waals surface area (Å²) in [4.78, 5) is 8.41. The summed E-state index contributed by atoms with van der Waals surface area (Å²) in [5.41, 5.74) is 0.829. The number of aliphatic hydroxyl groups excluding tert-OH is 1. The fourth-order valence-electron chi connectivity index (χ4n) is 3.14. The predicted octanol–water partition coefficient (Wildman–Crippen LogP) is 2.17. The Morgan fingerprint density at radius 2 is 2.33 bits per heavy atom. The Labute approximate surface area is 107 Å². The quantitative estimate of drug-likeness (QED) is 0.871. The summed E-state index contributed by atoms with van der Waals surface area (Å²) in [5, 5.41) is 10.5. The second-order valence-corrected chi connectivity index (χ2v) is 5.61. The molecule has 3 rings (SSSR count). The molecule has 1 spiro atoms. The van der Waals surface area contributed by atoms with Gasteiger partial charge in [0, 0.05) is 12.8 Å². The summed E-state index contributed by atoms with van der Waals surface area (Å²) >= 11 is 0. The fraction of sp³-hybridized carbons (Fsp3) is 0.714. The minimum Gasteiger partial charge on any atom is -0.387 e. The van der Waals surface area contributed by atoms with Crippen LogP contribution in [-0.2, 0) is 4.74 Å². The molecule has 2 heterocycles. The van der Waals surface area contributed by atoms with Crippen LogP contribution in [0.4, 0.5) is 0 Å². The van der Waals surface area contributed by atoms with Crippen molar-refractivity contribution in [1.29, 1.82) is 0 Å². The van der Waals surface area contributed by atoms with Gasteiger partial charge in [0.15, 0.2) is 0 Å². The van der Waals surface area contributed by atoms with Gasteiger partial charge in [0.05, 0.1) is 17.4 Å². The van der Waals surface area contributed by atoms with Gasteiger partial charge in [-0.2, -0.15) is 0 Å². The van der Waals surface area contributed by atoms with Crippen LogP contribution >= 0.6 is 0 Å². The molecule has 1 aliphatic heterocycles. The average molecular weight is 248 g/mol. The van der Waals surface area contributed by atoms with Crippen molar-refractivity contribution in [3.8, 4) is 0 Å². The number of aromatic nitrogens is 2. The van der Waals surface area contributed by atoms with E-state index in [0.717, 1.165) is 43.8 Å². The van der Waals surface area contributed by atoms with Gasteiger partial charge in [-0.1, -0.05) is 0 Å². The Hall–Kier alpha value is -1.00. The second kappa shape index (κ2) is 4.59. The number of hydrogen-bond acceptors (Lipinski definition) is 4. The predicted molar refractivity (Wildman–Crippen MR) is 67.0 cm³/mol. The molecule has 2 fully saturated rings. The summed E-state index contributed by atoms with van der Waals surface area (Å²) in [7, 11) is 0. The van der Waals surface area contributed by atoms with Crippen molar-refractivity contribution in [3.63, 3.8) is 0 Å². The van der Waals surface area contributed by atoms with Crippen molar-refractivity contribution in [2.45, 2.75) is 50.7 Å². The van der Waals surface area contributed by atoms with E-state index in [1.54, 1.807) is 6.20 Å². The lowest BCUT2D eigenvalue weighted by atomic mass is 9.70. The first kappa shape index (κ1) is 12.1. The Bertz CT molecular complexity index is 432. The highest BCUT2D eigenvalue weighted by Crippen LogP contribution is 2.46. The Balaban J connectivity index is 1.73. The normalized spacial score (nSPS) is 27.8. The van der Waals surface area contributed by atoms with Crippen molar-refractivity contribution in [1.82, 2.24) is 9.97 Å². The van der Waals surface area contributed by atoms with Crippen molar-refractivity contribution in [2.24, 2.45) is 5.92 Å². The molecular formula is C14H20N2O2. The molecule has 2 aliphatic rings. The SMILES string of the molecule is Cc1nccc(C(O)C2CCOC3(CCC3)C2)n1. The van der Waals surface area contributed by atoms with E-state index < -0.39 is 6.10 Å². The molecule has 1 saturated heterocycles. The molecule has 0 radical (unpaired) electrons. The Kier molecular flexibility index (Phi) is 3.08. The highest BCUT2D eigenvalue weighted by Gasteiger charge is 2.44. The van der Waals surface area contributed by atoms with Gasteiger partial charge in [-0.15, -0.1) is 0 Å². The van der Waals surface area contributed by atoms with Gasteiger partial charge in [-0.3, -0.25) is 0 Å².